The summed E-state index contributed by atoms with van der Waals surface area (Å²) >= 11 is 0. The number of benzene rings is 1. The monoisotopic (exact) mass is 257 g/mol. The van der Waals surface area contributed by atoms with E-state index in [1.165, 1.54) is 11.8 Å². The summed E-state index contributed by atoms with van der Waals surface area (Å²) in [5.41, 5.74) is 3.44. The molecule has 1 aromatic carbocycles. The highest BCUT2D eigenvalue weighted by atomic mass is 16.1. The molecule has 0 saturated heterocycles. The lowest BCUT2D eigenvalue weighted by Gasteiger charge is -2.10. The van der Waals surface area contributed by atoms with E-state index >= 15 is 0 Å². The molecule has 0 radical (unpaired) electrons. The summed E-state index contributed by atoms with van der Waals surface area (Å²) in [4.78, 5) is 12.0. The second-order valence-electron chi connectivity index (χ2n) is 4.79. The van der Waals surface area contributed by atoms with Crippen LogP contribution in [0.15, 0.2) is 30.5 Å². The van der Waals surface area contributed by atoms with Gasteiger partial charge in [0.05, 0.1) is 11.8 Å². The number of anilines is 1. The molecule has 0 saturated carbocycles. The summed E-state index contributed by atoms with van der Waals surface area (Å²) in [6.45, 7) is 6.19. The molecule has 19 heavy (non-hydrogen) atoms. The predicted octanol–water partition coefficient (Wildman–Crippen LogP) is 3.48. The van der Waals surface area contributed by atoms with Gasteiger partial charge in [0.25, 0.3) is 5.91 Å². The largest absolute Gasteiger partial charge is 0.322 e. The quantitative estimate of drug-likeness (QED) is 0.881. The average molecular weight is 257 g/mol. The molecule has 1 heterocycles. The first-order valence-electron chi connectivity index (χ1n) is 6.53. The Kier molecular flexibility index (Phi) is 4.00. The standard InChI is InChI=1S/C15H19N3O/c1-4-10(2)12-5-7-13(8-6-12)17-15(19)14-9-16-18-11(14)3/h5-10H,4H2,1-3H3,(H,16,18)(H,17,19). The SMILES string of the molecule is CCC(C)c1ccc(NC(=O)c2cn[nH]c2C)cc1. The van der Waals surface area contributed by atoms with Gasteiger partial charge in [0, 0.05) is 11.4 Å². The normalized spacial score (nSPS) is 12.2. The van der Waals surface area contributed by atoms with Gasteiger partial charge in [-0.1, -0.05) is 26.0 Å². The van der Waals surface area contributed by atoms with E-state index in [4.69, 9.17) is 0 Å². The van der Waals surface area contributed by atoms with Gasteiger partial charge < -0.3 is 5.32 Å². The number of hydrogen-bond acceptors (Lipinski definition) is 2. The summed E-state index contributed by atoms with van der Waals surface area (Å²) in [7, 11) is 0. The molecule has 0 spiro atoms. The van der Waals surface area contributed by atoms with Crippen molar-refractivity contribution >= 4 is 11.6 Å². The number of aryl methyl sites for hydroxylation is 1. The van der Waals surface area contributed by atoms with E-state index in [2.05, 4.69) is 41.5 Å². The van der Waals surface area contributed by atoms with Crippen LogP contribution in [0, 0.1) is 6.92 Å². The molecule has 2 aromatic rings. The molecule has 2 N–H and O–H groups in total. The highest BCUT2D eigenvalue weighted by Gasteiger charge is 2.11. The molecule has 2 rings (SSSR count). The summed E-state index contributed by atoms with van der Waals surface area (Å²) in [5.74, 6) is 0.406. The third-order valence-electron chi connectivity index (χ3n) is 3.42. The second-order valence-corrected chi connectivity index (χ2v) is 4.79. The lowest BCUT2D eigenvalue weighted by atomic mass is 9.98. The molecule has 4 nitrogen and oxygen atoms in total. The number of H-pyrrole nitrogens is 1. The molecule has 0 fully saturated rings. The van der Waals surface area contributed by atoms with Crippen molar-refractivity contribution in [1.29, 1.82) is 0 Å². The van der Waals surface area contributed by atoms with Gasteiger partial charge in [-0.2, -0.15) is 5.10 Å². The molecule has 0 aliphatic heterocycles. The molecular formula is C15H19N3O. The number of nitrogens with one attached hydrogen (secondary N) is 2. The zero-order valence-electron chi connectivity index (χ0n) is 11.5. The van der Waals surface area contributed by atoms with Crippen molar-refractivity contribution in [3.63, 3.8) is 0 Å². The van der Waals surface area contributed by atoms with Gasteiger partial charge in [-0.05, 0) is 37.0 Å². The fourth-order valence-corrected chi connectivity index (χ4v) is 1.91. The van der Waals surface area contributed by atoms with Crippen molar-refractivity contribution in [1.82, 2.24) is 10.2 Å². The predicted molar refractivity (Wildman–Crippen MR) is 76.4 cm³/mol. The average Bonchev–Trinajstić information content (AvgIpc) is 2.85. The first-order valence-corrected chi connectivity index (χ1v) is 6.53. The molecule has 1 unspecified atom stereocenters. The number of aromatic nitrogens is 2. The van der Waals surface area contributed by atoms with Crippen molar-refractivity contribution < 1.29 is 4.79 Å². The van der Waals surface area contributed by atoms with Crippen LogP contribution in [-0.4, -0.2) is 16.1 Å². The topological polar surface area (TPSA) is 57.8 Å². The molecule has 4 heteroatoms. The van der Waals surface area contributed by atoms with E-state index in [0.29, 0.717) is 11.5 Å². The lowest BCUT2D eigenvalue weighted by Crippen LogP contribution is -2.12. The molecular weight excluding hydrogens is 238 g/mol. The highest BCUT2D eigenvalue weighted by Crippen LogP contribution is 2.20. The zero-order chi connectivity index (χ0) is 13.8. The Morgan fingerprint density at radius 2 is 2.05 bits per heavy atom. The Hall–Kier alpha value is -2.10. The van der Waals surface area contributed by atoms with Gasteiger partial charge in [-0.25, -0.2) is 0 Å². The van der Waals surface area contributed by atoms with Crippen molar-refractivity contribution in [3.8, 4) is 0 Å². The van der Waals surface area contributed by atoms with Gasteiger partial charge in [0.15, 0.2) is 0 Å². The summed E-state index contributed by atoms with van der Waals surface area (Å²) in [6.07, 6.45) is 2.65. The van der Waals surface area contributed by atoms with Crippen LogP contribution >= 0.6 is 0 Å². The minimum atomic E-state index is -0.137. The van der Waals surface area contributed by atoms with E-state index in [9.17, 15) is 4.79 Å². The van der Waals surface area contributed by atoms with E-state index in [-0.39, 0.29) is 5.91 Å². The van der Waals surface area contributed by atoms with Crippen LogP contribution in [-0.2, 0) is 0 Å². The number of aromatic amines is 1. The van der Waals surface area contributed by atoms with Crippen LogP contribution in [0.25, 0.3) is 0 Å². The maximum absolute atomic E-state index is 12.0. The van der Waals surface area contributed by atoms with Gasteiger partial charge in [0.1, 0.15) is 0 Å². The maximum Gasteiger partial charge on any atom is 0.259 e. The molecule has 1 atom stereocenters. The molecule has 1 amide bonds. The Labute approximate surface area is 113 Å². The molecule has 100 valence electrons. The van der Waals surface area contributed by atoms with Gasteiger partial charge >= 0.3 is 0 Å². The van der Waals surface area contributed by atoms with Crippen LogP contribution in [0.3, 0.4) is 0 Å². The first-order chi connectivity index (χ1) is 9.11. The Morgan fingerprint density at radius 3 is 2.58 bits per heavy atom. The van der Waals surface area contributed by atoms with Crippen molar-refractivity contribution in [2.45, 2.75) is 33.1 Å². The molecule has 0 aliphatic carbocycles. The number of carbonyl (C=O) groups excluding carboxylic acids is 1. The van der Waals surface area contributed by atoms with E-state index in [0.717, 1.165) is 17.8 Å². The smallest absolute Gasteiger partial charge is 0.259 e. The van der Waals surface area contributed by atoms with E-state index < -0.39 is 0 Å². The minimum absolute atomic E-state index is 0.137. The van der Waals surface area contributed by atoms with Crippen LogP contribution in [0.1, 0.15) is 47.8 Å². The van der Waals surface area contributed by atoms with Gasteiger partial charge in [-0.15, -0.1) is 0 Å². The van der Waals surface area contributed by atoms with Crippen LogP contribution < -0.4 is 5.32 Å². The van der Waals surface area contributed by atoms with Crippen molar-refractivity contribution in [2.24, 2.45) is 0 Å². The number of carbonyl (C=O) groups is 1. The third-order valence-corrected chi connectivity index (χ3v) is 3.42. The molecule has 0 bridgehead atoms. The Balaban J connectivity index is 2.08. The fraction of sp³-hybridized carbons (Fsp3) is 0.333. The zero-order valence-corrected chi connectivity index (χ0v) is 11.5. The number of amides is 1. The van der Waals surface area contributed by atoms with E-state index in [1.54, 1.807) is 0 Å². The Morgan fingerprint density at radius 1 is 1.37 bits per heavy atom. The Bertz CT molecular complexity index is 557. The van der Waals surface area contributed by atoms with Gasteiger partial charge in [-0.3, -0.25) is 9.89 Å². The molecule has 0 aliphatic rings. The fourth-order valence-electron chi connectivity index (χ4n) is 1.91. The summed E-state index contributed by atoms with van der Waals surface area (Å²) in [6, 6.07) is 8.00. The van der Waals surface area contributed by atoms with Crippen molar-refractivity contribution in [2.75, 3.05) is 5.32 Å². The molecule has 1 aromatic heterocycles. The number of hydrogen-bond donors (Lipinski definition) is 2. The number of rotatable bonds is 4. The summed E-state index contributed by atoms with van der Waals surface area (Å²) < 4.78 is 0. The second kappa shape index (κ2) is 5.69. The van der Waals surface area contributed by atoms with Crippen LogP contribution in [0.5, 0.6) is 0 Å². The van der Waals surface area contributed by atoms with Gasteiger partial charge in [0.2, 0.25) is 0 Å². The van der Waals surface area contributed by atoms with Crippen LogP contribution in [0.4, 0.5) is 5.69 Å². The first kappa shape index (κ1) is 13.3. The van der Waals surface area contributed by atoms with Crippen molar-refractivity contribution in [3.05, 3.63) is 47.3 Å². The number of nitrogens with zero attached hydrogens (tertiary/aromatic N) is 1. The highest BCUT2D eigenvalue weighted by molar-refractivity contribution is 6.04. The summed E-state index contributed by atoms with van der Waals surface area (Å²) in [5, 5.41) is 9.47. The van der Waals surface area contributed by atoms with E-state index in [1.807, 2.05) is 19.1 Å². The third kappa shape index (κ3) is 3.02. The lowest BCUT2D eigenvalue weighted by molar-refractivity contribution is 0.102. The minimum Gasteiger partial charge on any atom is -0.322 e. The maximum atomic E-state index is 12.0. The van der Waals surface area contributed by atoms with Crippen LogP contribution in [0.2, 0.25) is 0 Å².